The number of fused-ring (bicyclic) bond motifs is 3. The van der Waals surface area contributed by atoms with Crippen molar-refractivity contribution in [2.45, 2.75) is 32.2 Å². The van der Waals surface area contributed by atoms with Gasteiger partial charge in [0.05, 0.1) is 0 Å². The summed E-state index contributed by atoms with van der Waals surface area (Å²) in [6.07, 6.45) is 1.36. The van der Waals surface area contributed by atoms with Gasteiger partial charge in [-0.1, -0.05) is 6.07 Å². The molecule has 1 saturated carbocycles. The van der Waals surface area contributed by atoms with Crippen molar-refractivity contribution in [2.75, 3.05) is 5.32 Å². The molecule has 2 aliphatic rings. The first kappa shape index (κ1) is 6.53. The molecule has 1 unspecified atom stereocenters. The highest BCUT2D eigenvalue weighted by Crippen LogP contribution is 2.52. The predicted molar refractivity (Wildman–Crippen MR) is 50.7 cm³/mol. The molecule has 0 radical (unpaired) electrons. The van der Waals surface area contributed by atoms with Gasteiger partial charge in [-0.2, -0.15) is 0 Å². The summed E-state index contributed by atoms with van der Waals surface area (Å²) >= 11 is 0. The molecule has 0 aromatic heterocycles. The number of benzene rings is 1. The van der Waals surface area contributed by atoms with E-state index in [2.05, 4.69) is 31.3 Å². The van der Waals surface area contributed by atoms with Gasteiger partial charge in [0.1, 0.15) is 0 Å². The molecule has 1 heteroatoms. The van der Waals surface area contributed by atoms with Gasteiger partial charge in [0.25, 0.3) is 0 Å². The second-order valence-corrected chi connectivity index (χ2v) is 4.12. The molecule has 1 aromatic rings. The fourth-order valence-corrected chi connectivity index (χ4v) is 2.17. The molecule has 0 spiro atoms. The number of nitrogens with one attached hydrogen (secondary N) is 1. The highest BCUT2D eigenvalue weighted by Gasteiger charge is 2.45. The zero-order valence-corrected chi connectivity index (χ0v) is 7.52. The molecule has 0 saturated heterocycles. The van der Waals surface area contributed by atoms with Crippen molar-refractivity contribution in [1.29, 1.82) is 0 Å². The SMILES string of the molecule is Cc1cc2c(cc1C)C1C[C@H]1N2. The van der Waals surface area contributed by atoms with Crippen LogP contribution in [0.5, 0.6) is 0 Å². The topological polar surface area (TPSA) is 12.0 Å². The van der Waals surface area contributed by atoms with Gasteiger partial charge in [-0.15, -0.1) is 0 Å². The maximum atomic E-state index is 3.54. The second-order valence-electron chi connectivity index (χ2n) is 4.12. The average molecular weight is 159 g/mol. The van der Waals surface area contributed by atoms with E-state index >= 15 is 0 Å². The van der Waals surface area contributed by atoms with Gasteiger partial charge >= 0.3 is 0 Å². The minimum atomic E-state index is 0.779. The van der Waals surface area contributed by atoms with E-state index in [0.717, 1.165) is 12.0 Å². The average Bonchev–Trinajstić information content (AvgIpc) is 2.70. The van der Waals surface area contributed by atoms with Crippen LogP contribution in [0.1, 0.15) is 29.0 Å². The van der Waals surface area contributed by atoms with E-state index in [-0.39, 0.29) is 0 Å². The highest BCUT2D eigenvalue weighted by molar-refractivity contribution is 5.65. The number of hydrogen-bond donors (Lipinski definition) is 1. The smallest absolute Gasteiger partial charge is 0.0381 e. The molecule has 0 bridgehead atoms. The summed E-state index contributed by atoms with van der Waals surface area (Å²) in [5.74, 6) is 0.847. The highest BCUT2D eigenvalue weighted by atomic mass is 15.0. The standard InChI is InChI=1S/C11H13N/c1-6-3-8-9-5-11(9)12-10(8)4-7(6)2/h3-4,9,11-12H,5H2,1-2H3/t9?,11-/m1/s1. The Bertz CT molecular complexity index is 354. The van der Waals surface area contributed by atoms with Crippen LogP contribution in [0.2, 0.25) is 0 Å². The molecular formula is C11H13N. The number of hydrogen-bond acceptors (Lipinski definition) is 1. The van der Waals surface area contributed by atoms with Crippen LogP contribution in [-0.2, 0) is 0 Å². The van der Waals surface area contributed by atoms with Crippen LogP contribution in [0.3, 0.4) is 0 Å². The summed E-state index contributed by atoms with van der Waals surface area (Å²) < 4.78 is 0. The first-order chi connectivity index (χ1) is 5.75. The van der Waals surface area contributed by atoms with E-state index in [1.807, 2.05) is 0 Å². The Morgan fingerprint density at radius 1 is 1.25 bits per heavy atom. The molecule has 12 heavy (non-hydrogen) atoms. The molecule has 3 rings (SSSR count). The van der Waals surface area contributed by atoms with Crippen molar-refractivity contribution in [3.05, 3.63) is 28.8 Å². The Kier molecular flexibility index (Phi) is 1.00. The van der Waals surface area contributed by atoms with Crippen LogP contribution in [0.4, 0.5) is 5.69 Å². The maximum Gasteiger partial charge on any atom is 0.0381 e. The summed E-state index contributed by atoms with van der Waals surface area (Å²) in [6.45, 7) is 4.38. The Hall–Kier alpha value is -0.980. The normalized spacial score (nSPS) is 29.2. The summed E-state index contributed by atoms with van der Waals surface area (Å²) in [7, 11) is 0. The minimum Gasteiger partial charge on any atom is -0.381 e. The van der Waals surface area contributed by atoms with Gasteiger partial charge in [0.15, 0.2) is 0 Å². The van der Waals surface area contributed by atoms with E-state index in [1.54, 1.807) is 5.56 Å². The summed E-state index contributed by atoms with van der Waals surface area (Å²) in [5, 5.41) is 3.54. The fourth-order valence-electron chi connectivity index (χ4n) is 2.17. The molecule has 62 valence electrons. The molecular weight excluding hydrogens is 146 g/mol. The van der Waals surface area contributed by atoms with E-state index in [4.69, 9.17) is 0 Å². The number of aryl methyl sites for hydroxylation is 2. The predicted octanol–water partition coefficient (Wildman–Crippen LogP) is 2.58. The zero-order valence-electron chi connectivity index (χ0n) is 7.52. The van der Waals surface area contributed by atoms with Crippen molar-refractivity contribution in [3.8, 4) is 0 Å². The lowest BCUT2D eigenvalue weighted by Gasteiger charge is -2.07. The van der Waals surface area contributed by atoms with Crippen LogP contribution in [0.15, 0.2) is 12.1 Å². The molecule has 1 fully saturated rings. The van der Waals surface area contributed by atoms with Crippen LogP contribution in [-0.4, -0.2) is 6.04 Å². The third-order valence-corrected chi connectivity index (χ3v) is 3.20. The lowest BCUT2D eigenvalue weighted by atomic mass is 10.0. The molecule has 1 heterocycles. The number of rotatable bonds is 0. The Labute approximate surface area is 72.8 Å². The lowest BCUT2D eigenvalue weighted by molar-refractivity contribution is 1.13. The molecule has 1 aliphatic carbocycles. The monoisotopic (exact) mass is 159 g/mol. The van der Waals surface area contributed by atoms with E-state index < -0.39 is 0 Å². The van der Waals surface area contributed by atoms with Gasteiger partial charge in [-0.25, -0.2) is 0 Å². The van der Waals surface area contributed by atoms with Gasteiger partial charge in [0.2, 0.25) is 0 Å². The van der Waals surface area contributed by atoms with Crippen molar-refractivity contribution in [1.82, 2.24) is 0 Å². The fraction of sp³-hybridized carbons (Fsp3) is 0.455. The minimum absolute atomic E-state index is 0.779. The summed E-state index contributed by atoms with van der Waals surface area (Å²) in [6, 6.07) is 5.42. The van der Waals surface area contributed by atoms with Gasteiger partial charge in [-0.05, 0) is 43.0 Å². The largest absolute Gasteiger partial charge is 0.381 e. The Morgan fingerprint density at radius 3 is 2.83 bits per heavy atom. The maximum absolute atomic E-state index is 3.54. The van der Waals surface area contributed by atoms with Crippen LogP contribution in [0.25, 0.3) is 0 Å². The lowest BCUT2D eigenvalue weighted by Crippen LogP contribution is -1.96. The zero-order chi connectivity index (χ0) is 8.29. The molecule has 1 aromatic carbocycles. The van der Waals surface area contributed by atoms with E-state index in [9.17, 15) is 0 Å². The molecule has 2 atom stereocenters. The van der Waals surface area contributed by atoms with Crippen LogP contribution in [0, 0.1) is 13.8 Å². The third kappa shape index (κ3) is 0.689. The first-order valence-corrected chi connectivity index (χ1v) is 4.63. The van der Waals surface area contributed by atoms with Crippen molar-refractivity contribution < 1.29 is 0 Å². The van der Waals surface area contributed by atoms with Gasteiger partial charge in [0, 0.05) is 17.6 Å². The van der Waals surface area contributed by atoms with Crippen LogP contribution < -0.4 is 5.32 Å². The van der Waals surface area contributed by atoms with Gasteiger partial charge < -0.3 is 5.32 Å². The molecule has 1 nitrogen and oxygen atoms in total. The quantitative estimate of drug-likeness (QED) is 0.613. The van der Waals surface area contributed by atoms with E-state index in [1.165, 1.54) is 23.2 Å². The third-order valence-electron chi connectivity index (χ3n) is 3.20. The molecule has 1 N–H and O–H groups in total. The summed E-state index contributed by atoms with van der Waals surface area (Å²) in [4.78, 5) is 0. The van der Waals surface area contributed by atoms with E-state index in [0.29, 0.717) is 0 Å². The molecule has 1 aliphatic heterocycles. The van der Waals surface area contributed by atoms with Gasteiger partial charge in [-0.3, -0.25) is 0 Å². The Balaban J connectivity index is 2.20. The first-order valence-electron chi connectivity index (χ1n) is 4.63. The van der Waals surface area contributed by atoms with Crippen molar-refractivity contribution >= 4 is 5.69 Å². The second kappa shape index (κ2) is 1.85. The molecule has 0 amide bonds. The van der Waals surface area contributed by atoms with Crippen molar-refractivity contribution in [2.24, 2.45) is 0 Å². The van der Waals surface area contributed by atoms with Crippen molar-refractivity contribution in [3.63, 3.8) is 0 Å². The van der Waals surface area contributed by atoms with Crippen LogP contribution >= 0.6 is 0 Å². The number of anilines is 1. The Morgan fingerprint density at radius 2 is 2.00 bits per heavy atom. The summed E-state index contributed by atoms with van der Waals surface area (Å²) in [5.41, 5.74) is 5.79.